The number of benzene rings is 2. The Morgan fingerprint density at radius 2 is 1.86 bits per heavy atom. The van der Waals surface area contributed by atoms with Crippen molar-refractivity contribution in [1.82, 2.24) is 14.8 Å². The van der Waals surface area contributed by atoms with Crippen molar-refractivity contribution in [2.45, 2.75) is 38.8 Å². The number of anilines is 2. The zero-order chi connectivity index (χ0) is 19.3. The van der Waals surface area contributed by atoms with E-state index in [-0.39, 0.29) is 6.03 Å². The van der Waals surface area contributed by atoms with Gasteiger partial charge < -0.3 is 5.32 Å². The minimum absolute atomic E-state index is 0.210. The van der Waals surface area contributed by atoms with Gasteiger partial charge in [0.15, 0.2) is 5.82 Å². The van der Waals surface area contributed by atoms with E-state index in [9.17, 15) is 4.79 Å². The quantitative estimate of drug-likeness (QED) is 0.621. The molecule has 0 spiro atoms. The highest BCUT2D eigenvalue weighted by molar-refractivity contribution is 9.10. The molecule has 0 unspecified atom stereocenters. The van der Waals surface area contributed by atoms with E-state index in [0.29, 0.717) is 12.4 Å². The number of aryl methyl sites for hydroxylation is 2. The Hall–Kier alpha value is -2.67. The standard InChI is InChI=1S/C21H22BrN5O/c22-16-10-12-18(13-11-16)26(21(28)23-17-7-3-1-4-8-17)15-19-24-20-9-5-2-6-14-27(20)25-19/h1,3-4,7-8,10-13H,2,5-6,9,14-15H2,(H,23,28). The maximum absolute atomic E-state index is 13.0. The van der Waals surface area contributed by atoms with Gasteiger partial charge in [-0.1, -0.05) is 40.5 Å². The summed E-state index contributed by atoms with van der Waals surface area (Å²) in [4.78, 5) is 19.4. The molecule has 2 amide bonds. The average Bonchev–Trinajstić information content (AvgIpc) is 2.96. The number of urea groups is 1. The molecule has 2 aromatic carbocycles. The third-order valence-corrected chi connectivity index (χ3v) is 5.30. The van der Waals surface area contributed by atoms with Gasteiger partial charge in [-0.25, -0.2) is 14.5 Å². The predicted molar refractivity (Wildman–Crippen MR) is 113 cm³/mol. The molecule has 0 saturated heterocycles. The summed E-state index contributed by atoms with van der Waals surface area (Å²) >= 11 is 3.45. The topological polar surface area (TPSA) is 63.1 Å². The van der Waals surface area contributed by atoms with Crippen molar-refractivity contribution in [2.24, 2.45) is 0 Å². The number of amides is 2. The molecule has 1 aliphatic heterocycles. The molecule has 6 nitrogen and oxygen atoms in total. The van der Waals surface area contributed by atoms with Crippen LogP contribution in [0, 0.1) is 0 Å². The number of carbonyl (C=O) groups is 1. The Kier molecular flexibility index (Phi) is 5.71. The smallest absolute Gasteiger partial charge is 0.308 e. The summed E-state index contributed by atoms with van der Waals surface area (Å²) in [5.74, 6) is 1.69. The van der Waals surface area contributed by atoms with Gasteiger partial charge in [0.2, 0.25) is 0 Å². The van der Waals surface area contributed by atoms with Crippen LogP contribution >= 0.6 is 15.9 Å². The lowest BCUT2D eigenvalue weighted by molar-refractivity contribution is 0.256. The lowest BCUT2D eigenvalue weighted by Gasteiger charge is -2.22. The summed E-state index contributed by atoms with van der Waals surface area (Å²) in [5.41, 5.74) is 1.55. The molecule has 0 aliphatic carbocycles. The SMILES string of the molecule is O=C(Nc1ccccc1)N(Cc1nc2n(n1)CCCCC2)c1ccc(Br)cc1. The van der Waals surface area contributed by atoms with Crippen molar-refractivity contribution < 1.29 is 4.79 Å². The van der Waals surface area contributed by atoms with Crippen molar-refractivity contribution in [1.29, 1.82) is 0 Å². The maximum Gasteiger partial charge on any atom is 0.326 e. The second-order valence-electron chi connectivity index (χ2n) is 6.84. The van der Waals surface area contributed by atoms with Crippen LogP contribution in [-0.2, 0) is 19.5 Å². The molecule has 0 fully saturated rings. The first-order valence-corrected chi connectivity index (χ1v) is 10.3. The number of aromatic nitrogens is 3. The number of rotatable bonds is 4. The Bertz CT molecular complexity index is 916. The minimum atomic E-state index is -0.210. The molecular weight excluding hydrogens is 418 g/mol. The molecule has 0 bridgehead atoms. The van der Waals surface area contributed by atoms with E-state index in [0.717, 1.165) is 47.5 Å². The number of fused-ring (bicyclic) bond motifs is 1. The van der Waals surface area contributed by atoms with E-state index in [1.54, 1.807) is 4.90 Å². The summed E-state index contributed by atoms with van der Waals surface area (Å²) in [6, 6.07) is 16.9. The minimum Gasteiger partial charge on any atom is -0.308 e. The number of nitrogens with one attached hydrogen (secondary N) is 1. The molecule has 0 atom stereocenters. The molecule has 7 heteroatoms. The van der Waals surface area contributed by atoms with E-state index in [2.05, 4.69) is 26.3 Å². The Balaban J connectivity index is 1.59. The number of hydrogen-bond acceptors (Lipinski definition) is 3. The van der Waals surface area contributed by atoms with Gasteiger partial charge in [0.25, 0.3) is 0 Å². The number of carbonyl (C=O) groups excluding carboxylic acids is 1. The highest BCUT2D eigenvalue weighted by Gasteiger charge is 2.20. The summed E-state index contributed by atoms with van der Waals surface area (Å²) in [6.07, 6.45) is 4.43. The predicted octanol–water partition coefficient (Wildman–Crippen LogP) is 5.01. The first kappa shape index (κ1) is 18.7. The van der Waals surface area contributed by atoms with Gasteiger partial charge in [-0.2, -0.15) is 5.10 Å². The van der Waals surface area contributed by atoms with Crippen LogP contribution in [0.15, 0.2) is 59.1 Å². The van der Waals surface area contributed by atoms with Crippen LogP contribution in [0.4, 0.5) is 16.2 Å². The molecule has 1 N–H and O–H groups in total. The summed E-state index contributed by atoms with van der Waals surface area (Å²) in [5, 5.41) is 7.62. The summed E-state index contributed by atoms with van der Waals surface area (Å²) in [7, 11) is 0. The van der Waals surface area contributed by atoms with Gasteiger partial charge in [0, 0.05) is 28.8 Å². The molecule has 144 valence electrons. The van der Waals surface area contributed by atoms with Crippen molar-refractivity contribution in [2.75, 3.05) is 10.2 Å². The maximum atomic E-state index is 13.0. The Morgan fingerprint density at radius 3 is 2.64 bits per heavy atom. The normalized spacial score (nSPS) is 13.5. The van der Waals surface area contributed by atoms with E-state index in [1.165, 1.54) is 6.42 Å². The lowest BCUT2D eigenvalue weighted by atomic mass is 10.2. The van der Waals surface area contributed by atoms with Gasteiger partial charge in [-0.3, -0.25) is 4.90 Å². The molecule has 1 aromatic heterocycles. The zero-order valence-electron chi connectivity index (χ0n) is 15.5. The number of halogens is 1. The van der Waals surface area contributed by atoms with Crippen molar-refractivity contribution in [3.63, 3.8) is 0 Å². The van der Waals surface area contributed by atoms with Gasteiger partial charge in [0.1, 0.15) is 5.82 Å². The van der Waals surface area contributed by atoms with Crippen LogP contribution in [-0.4, -0.2) is 20.8 Å². The van der Waals surface area contributed by atoms with Crippen LogP contribution in [0.25, 0.3) is 0 Å². The van der Waals surface area contributed by atoms with Gasteiger partial charge >= 0.3 is 6.03 Å². The van der Waals surface area contributed by atoms with E-state index in [1.807, 2.05) is 59.3 Å². The molecular formula is C21H22BrN5O. The fourth-order valence-electron chi connectivity index (χ4n) is 3.33. The molecule has 28 heavy (non-hydrogen) atoms. The highest BCUT2D eigenvalue weighted by atomic mass is 79.9. The zero-order valence-corrected chi connectivity index (χ0v) is 17.1. The summed E-state index contributed by atoms with van der Waals surface area (Å²) in [6.45, 7) is 1.22. The fraction of sp³-hybridized carbons (Fsp3) is 0.286. The van der Waals surface area contributed by atoms with Crippen molar-refractivity contribution in [3.8, 4) is 0 Å². The van der Waals surface area contributed by atoms with Crippen LogP contribution in [0.1, 0.15) is 30.9 Å². The first-order valence-electron chi connectivity index (χ1n) is 9.51. The van der Waals surface area contributed by atoms with Crippen LogP contribution < -0.4 is 10.2 Å². The highest BCUT2D eigenvalue weighted by Crippen LogP contribution is 2.22. The molecule has 2 heterocycles. The lowest BCUT2D eigenvalue weighted by Crippen LogP contribution is -2.35. The first-order chi connectivity index (χ1) is 13.7. The molecule has 4 rings (SSSR count). The van der Waals surface area contributed by atoms with E-state index in [4.69, 9.17) is 4.98 Å². The third-order valence-electron chi connectivity index (χ3n) is 4.77. The number of para-hydroxylation sites is 1. The monoisotopic (exact) mass is 439 g/mol. The van der Waals surface area contributed by atoms with E-state index >= 15 is 0 Å². The number of nitrogens with zero attached hydrogens (tertiary/aromatic N) is 4. The third kappa shape index (κ3) is 4.42. The molecule has 3 aromatic rings. The van der Waals surface area contributed by atoms with E-state index < -0.39 is 0 Å². The Labute approximate surface area is 172 Å². The second-order valence-corrected chi connectivity index (χ2v) is 7.75. The molecule has 0 radical (unpaired) electrons. The molecule has 0 saturated carbocycles. The van der Waals surface area contributed by atoms with Gasteiger partial charge in [-0.15, -0.1) is 0 Å². The van der Waals surface area contributed by atoms with Gasteiger partial charge in [0.05, 0.1) is 6.54 Å². The van der Waals surface area contributed by atoms with Crippen molar-refractivity contribution >= 4 is 33.3 Å². The van der Waals surface area contributed by atoms with Crippen molar-refractivity contribution in [3.05, 3.63) is 70.7 Å². The molecule has 1 aliphatic rings. The van der Waals surface area contributed by atoms with Crippen LogP contribution in [0.5, 0.6) is 0 Å². The van der Waals surface area contributed by atoms with Crippen LogP contribution in [0.3, 0.4) is 0 Å². The van der Waals surface area contributed by atoms with Gasteiger partial charge in [-0.05, 0) is 49.2 Å². The fourth-order valence-corrected chi connectivity index (χ4v) is 3.60. The largest absolute Gasteiger partial charge is 0.326 e. The Morgan fingerprint density at radius 1 is 1.07 bits per heavy atom. The number of hydrogen-bond donors (Lipinski definition) is 1. The second kappa shape index (κ2) is 8.56. The average molecular weight is 440 g/mol. The summed E-state index contributed by atoms with van der Waals surface area (Å²) < 4.78 is 2.96. The van der Waals surface area contributed by atoms with Crippen LogP contribution in [0.2, 0.25) is 0 Å².